The van der Waals surface area contributed by atoms with E-state index in [-0.39, 0.29) is 98.1 Å². The van der Waals surface area contributed by atoms with E-state index in [1.165, 1.54) is 19.1 Å². The predicted molar refractivity (Wildman–Crippen MR) is 354 cm³/mol. The Morgan fingerprint density at radius 3 is 2.27 bits per heavy atom. The van der Waals surface area contributed by atoms with Gasteiger partial charge < -0.3 is 59.1 Å². The number of anilines is 1. The lowest BCUT2D eigenvalue weighted by Gasteiger charge is -2.43. The SMILES string of the molecule is COc1ccc(-c2cc3c(C)nc(N)nc3n(C3CCC(OCCO[C@H]4C[C@@H]5CC[C@@H](C)[C@@](O)(O5)C(=O)C(=O)N5CCCC[C@H]5C(=O)O[C@H](C(C)C[C@H]5CC[C@@H](O)[C@H](OC)C5)CC(=O)[C@H](C)/C=C(\C)[C@@H](O)[C@@H](OC)C(=O)[C@H](C)C[C@H](C)/C=C/C=CC=C4C)CC3)c2=O)cn1. The molecule has 5 aliphatic rings. The van der Waals surface area contributed by atoms with E-state index in [0.717, 1.165) is 5.57 Å². The number of cyclic esters (lactones) is 1. The van der Waals surface area contributed by atoms with Crippen LogP contribution in [0.3, 0.4) is 0 Å². The number of carbonyl (C=O) groups is 5. The number of nitrogens with zero attached hydrogens (tertiary/aromatic N) is 5. The summed E-state index contributed by atoms with van der Waals surface area (Å²) in [5, 5.41) is 35.4. The number of fused-ring (bicyclic) bond motifs is 4. The van der Waals surface area contributed by atoms with Crippen molar-refractivity contribution in [3.63, 3.8) is 0 Å². The topological polar surface area (TPSA) is 301 Å². The largest absolute Gasteiger partial charge is 0.481 e. The van der Waals surface area contributed by atoms with Gasteiger partial charge in [0.25, 0.3) is 17.2 Å². The summed E-state index contributed by atoms with van der Waals surface area (Å²) < 4.78 is 44.2. The number of rotatable bonds is 13. The van der Waals surface area contributed by atoms with Gasteiger partial charge in [0, 0.05) is 86.2 Å². The molecule has 2 aliphatic carbocycles. The number of aliphatic hydroxyl groups excluding tert-OH is 2. The van der Waals surface area contributed by atoms with Crippen LogP contribution >= 0.6 is 0 Å². The highest BCUT2D eigenvalue weighted by Crippen LogP contribution is 2.39. The Hall–Kier alpha value is -6.37. The van der Waals surface area contributed by atoms with E-state index in [0.29, 0.717) is 123 Å². The number of methoxy groups -OCH3 is 3. The Labute approximate surface area is 553 Å². The normalized spacial score (nSPS) is 33.2. The van der Waals surface area contributed by atoms with Gasteiger partial charge in [0.05, 0.1) is 56.5 Å². The van der Waals surface area contributed by atoms with Crippen molar-refractivity contribution in [1.82, 2.24) is 24.4 Å². The lowest BCUT2D eigenvalue weighted by molar-refractivity contribution is -0.266. The molecule has 2 saturated carbocycles. The van der Waals surface area contributed by atoms with Gasteiger partial charge in [0.1, 0.15) is 35.8 Å². The average Bonchev–Trinajstić information content (AvgIpc) is 0.760. The third-order valence-electron chi connectivity index (χ3n) is 20.3. The van der Waals surface area contributed by atoms with Gasteiger partial charge >= 0.3 is 5.97 Å². The van der Waals surface area contributed by atoms with Gasteiger partial charge in [0.15, 0.2) is 5.78 Å². The summed E-state index contributed by atoms with van der Waals surface area (Å²) in [4.78, 5) is 101. The van der Waals surface area contributed by atoms with E-state index in [1.807, 2.05) is 65.0 Å². The number of esters is 1. The smallest absolute Gasteiger partial charge is 0.329 e. The van der Waals surface area contributed by atoms with Crippen LogP contribution < -0.4 is 16.0 Å². The summed E-state index contributed by atoms with van der Waals surface area (Å²) in [6.45, 7) is 14.9. The number of carbonyl (C=O) groups excluding carboxylic acids is 5. The lowest BCUT2D eigenvalue weighted by Crippen LogP contribution is -2.61. The highest BCUT2D eigenvalue weighted by Gasteiger charge is 2.53. The number of ether oxygens (including phenoxy) is 7. The van der Waals surface area contributed by atoms with Crippen LogP contribution in [0.1, 0.15) is 163 Å². The van der Waals surface area contributed by atoms with Gasteiger partial charge in [-0.05, 0) is 152 Å². The van der Waals surface area contributed by atoms with Gasteiger partial charge in [-0.3, -0.25) is 28.5 Å². The Bertz CT molecular complexity index is 3300. The molecule has 15 atom stereocenters. The molecule has 22 heteroatoms. The van der Waals surface area contributed by atoms with Gasteiger partial charge in [-0.2, -0.15) is 4.98 Å². The molecule has 0 aromatic carbocycles. The molecular formula is C72H102N6O16. The van der Waals surface area contributed by atoms with Crippen LogP contribution in [0.15, 0.2) is 76.8 Å². The predicted octanol–water partition coefficient (Wildman–Crippen LogP) is 8.82. The number of Topliss-reactive ketones (excluding diaryl/α,β-unsaturated/α-hetero) is 3. The minimum atomic E-state index is -2.54. The zero-order chi connectivity index (χ0) is 68.1. The third-order valence-corrected chi connectivity index (χ3v) is 20.3. The second-order valence-corrected chi connectivity index (χ2v) is 27.3. The molecule has 2 bridgehead atoms. The number of piperidine rings is 1. The van der Waals surface area contributed by atoms with Crippen molar-refractivity contribution in [3.05, 3.63) is 88.0 Å². The van der Waals surface area contributed by atoms with Crippen LogP contribution in [0.25, 0.3) is 22.2 Å². The Kier molecular flexibility index (Phi) is 26.2. The summed E-state index contributed by atoms with van der Waals surface area (Å²) in [6, 6.07) is 3.91. The molecular weight excluding hydrogens is 1200 g/mol. The molecule has 8 rings (SSSR count). The number of aryl methyl sites for hydroxylation is 1. The first-order valence-corrected chi connectivity index (χ1v) is 33.9. The molecule has 6 heterocycles. The second-order valence-electron chi connectivity index (χ2n) is 27.3. The minimum absolute atomic E-state index is 0.0393. The van der Waals surface area contributed by atoms with Gasteiger partial charge in [-0.25, -0.2) is 14.8 Å². The van der Waals surface area contributed by atoms with Crippen molar-refractivity contribution in [3.8, 4) is 17.0 Å². The molecule has 22 nitrogen and oxygen atoms in total. The van der Waals surface area contributed by atoms with Gasteiger partial charge in [-0.15, -0.1) is 0 Å². The summed E-state index contributed by atoms with van der Waals surface area (Å²) >= 11 is 0. The van der Waals surface area contributed by atoms with Crippen LogP contribution in [0.5, 0.6) is 5.88 Å². The quantitative estimate of drug-likeness (QED) is 0.0537. The molecule has 516 valence electrons. The fraction of sp³-hybridized carbons (Fsp3) is 0.653. The summed E-state index contributed by atoms with van der Waals surface area (Å²) in [7, 11) is 4.47. The number of nitrogen functional groups attached to an aromatic ring is 1. The number of hydrogen-bond acceptors (Lipinski definition) is 20. The minimum Gasteiger partial charge on any atom is -0.481 e. The first kappa shape index (κ1) is 73.4. The monoisotopic (exact) mass is 1310 g/mol. The van der Waals surface area contributed by atoms with E-state index >= 15 is 0 Å². The van der Waals surface area contributed by atoms with Crippen LogP contribution in [0.4, 0.5) is 5.95 Å². The van der Waals surface area contributed by atoms with Crippen molar-refractivity contribution < 1.29 is 72.5 Å². The molecule has 2 saturated heterocycles. The molecule has 5 N–H and O–H groups in total. The number of allylic oxidation sites excluding steroid dienone is 6. The maximum absolute atomic E-state index is 14.7. The van der Waals surface area contributed by atoms with Crippen molar-refractivity contribution in [2.75, 3.05) is 46.8 Å². The number of aliphatic hydroxyl groups is 3. The number of pyridine rings is 2. The van der Waals surface area contributed by atoms with E-state index in [2.05, 4.69) is 15.0 Å². The van der Waals surface area contributed by atoms with Crippen molar-refractivity contribution >= 4 is 46.2 Å². The molecule has 1 amide bonds. The van der Waals surface area contributed by atoms with E-state index in [4.69, 9.17) is 38.9 Å². The lowest BCUT2D eigenvalue weighted by atomic mass is 9.78. The molecule has 3 aromatic rings. The zero-order valence-electron chi connectivity index (χ0n) is 56.9. The molecule has 1 unspecified atom stereocenters. The van der Waals surface area contributed by atoms with Crippen LogP contribution in [0, 0.1) is 42.4 Å². The fourth-order valence-corrected chi connectivity index (χ4v) is 14.5. The highest BCUT2D eigenvalue weighted by atomic mass is 16.6. The fourth-order valence-electron chi connectivity index (χ4n) is 14.5. The Morgan fingerprint density at radius 2 is 1.56 bits per heavy atom. The first-order chi connectivity index (χ1) is 44.8. The maximum atomic E-state index is 14.7. The maximum Gasteiger partial charge on any atom is 0.329 e. The van der Waals surface area contributed by atoms with Crippen LogP contribution in [0.2, 0.25) is 0 Å². The Balaban J connectivity index is 1.01. The number of amides is 1. The van der Waals surface area contributed by atoms with Gasteiger partial charge in [-0.1, -0.05) is 71.1 Å². The molecule has 0 spiro atoms. The molecule has 3 aliphatic heterocycles. The molecule has 0 radical (unpaired) electrons. The average molecular weight is 1310 g/mol. The highest BCUT2D eigenvalue weighted by molar-refractivity contribution is 6.39. The molecule has 3 aromatic heterocycles. The van der Waals surface area contributed by atoms with Crippen LogP contribution in [-0.2, 0) is 52.4 Å². The second kappa shape index (κ2) is 33.5. The zero-order valence-corrected chi connectivity index (χ0v) is 56.9. The van der Waals surface area contributed by atoms with Gasteiger partial charge in [0.2, 0.25) is 17.6 Å². The third kappa shape index (κ3) is 18.0. The van der Waals surface area contributed by atoms with Crippen molar-refractivity contribution in [2.45, 2.75) is 225 Å². The molecule has 4 fully saturated rings. The van der Waals surface area contributed by atoms with Crippen molar-refractivity contribution in [1.29, 1.82) is 0 Å². The van der Waals surface area contributed by atoms with Crippen LogP contribution in [-0.4, -0.2) is 171 Å². The van der Waals surface area contributed by atoms with Crippen molar-refractivity contribution in [2.24, 2.45) is 35.5 Å². The van der Waals surface area contributed by atoms with E-state index < -0.39 is 83.9 Å². The standard InChI is InChI=1S/C72H102N6O16/c1-41-17-13-12-14-18-42(2)59(92-32-31-91-52-26-23-51(24-27-52)78-67-54(48(8)75-71(73)76-67)38-55(68(78)84)50-22-29-62(89-10)74-40-50)37-53-25-20-47(7)72(87,94-53)66(83)69(85)77-30-16-15-19-56(77)70(86)93-60(44(4)35-49-21-28-57(79)61(36-49)88-9)39-58(80)43(3)34-46(6)64(82)65(90-11)63(81)45(5)33-41/h12-14,17-18,22,29,34,38,40-41,43-45,47,49,51-53,56-57,59-61,64-65,79,82,87H,15-16,19-21,23-28,30-33,35-37,39H2,1-11H3,(H2,73,75,76)/b14-12?,17-13+,42-18?,46-34+/t41-,43-,44?,45-,47-,49-,51?,52?,53+,56+,57-,59+,60+,61-,64-,65+,72-/m1/s1. The Morgan fingerprint density at radius 1 is 0.819 bits per heavy atom. The number of aromatic nitrogens is 4. The first-order valence-electron chi connectivity index (χ1n) is 33.9. The summed E-state index contributed by atoms with van der Waals surface area (Å²) in [5.41, 5.74) is 9.34. The summed E-state index contributed by atoms with van der Waals surface area (Å²) in [6.07, 6.45) is 14.1. The number of ketones is 3. The van der Waals surface area contributed by atoms with E-state index in [9.17, 15) is 44.1 Å². The molecule has 94 heavy (non-hydrogen) atoms. The number of nitrogens with two attached hydrogens (primary N) is 1. The number of hydrogen-bond donors (Lipinski definition) is 4. The van der Waals surface area contributed by atoms with E-state index in [1.54, 1.807) is 62.9 Å². The summed E-state index contributed by atoms with van der Waals surface area (Å²) in [5.74, 6) is -8.07.